The molecule has 142 valence electrons. The summed E-state index contributed by atoms with van der Waals surface area (Å²) in [6.45, 7) is 1.99. The summed E-state index contributed by atoms with van der Waals surface area (Å²) in [4.78, 5) is 22.9. The van der Waals surface area contributed by atoms with E-state index in [4.69, 9.17) is 21.7 Å². The van der Waals surface area contributed by atoms with Crippen LogP contribution in [-0.4, -0.2) is 29.7 Å². The lowest BCUT2D eigenvalue weighted by Gasteiger charge is -2.11. The van der Waals surface area contributed by atoms with E-state index in [9.17, 15) is 14.9 Å². The molecule has 0 aromatic heterocycles. The number of anilines is 1. The number of amides is 1. The van der Waals surface area contributed by atoms with Crippen LogP contribution in [0.4, 0.5) is 11.4 Å². The minimum Gasteiger partial charge on any atom is -0.496 e. The number of nitro benzene ring substituents is 1. The topological polar surface area (TPSA) is 103 Å². The van der Waals surface area contributed by atoms with Gasteiger partial charge in [-0.15, -0.1) is 0 Å². The highest BCUT2D eigenvalue weighted by molar-refractivity contribution is 9.10. The Morgan fingerprint density at radius 2 is 1.96 bits per heavy atom. The second-order valence-electron chi connectivity index (χ2n) is 5.13. The first kappa shape index (κ1) is 20.6. The second-order valence-corrected chi connectivity index (χ2v) is 6.39. The van der Waals surface area contributed by atoms with Gasteiger partial charge in [0.25, 0.3) is 5.91 Å². The molecule has 2 aromatic rings. The first-order valence-corrected chi connectivity index (χ1v) is 8.93. The minimum atomic E-state index is -0.604. The molecule has 0 atom stereocenters. The van der Waals surface area contributed by atoms with E-state index in [1.165, 1.54) is 12.1 Å². The number of thiocarbonyl (C=S) groups is 1. The average Bonchev–Trinajstić information content (AvgIpc) is 2.62. The first-order chi connectivity index (χ1) is 12.8. The van der Waals surface area contributed by atoms with Gasteiger partial charge in [-0.05, 0) is 65.4 Å². The van der Waals surface area contributed by atoms with Crippen molar-refractivity contribution in [2.75, 3.05) is 19.0 Å². The number of nitro groups is 1. The monoisotopic (exact) mass is 453 g/mol. The predicted molar refractivity (Wildman–Crippen MR) is 109 cm³/mol. The van der Waals surface area contributed by atoms with Gasteiger partial charge in [0.2, 0.25) is 0 Å². The van der Waals surface area contributed by atoms with Crippen LogP contribution in [-0.2, 0) is 0 Å². The van der Waals surface area contributed by atoms with Crippen LogP contribution >= 0.6 is 28.1 Å². The van der Waals surface area contributed by atoms with Gasteiger partial charge in [-0.3, -0.25) is 20.2 Å². The van der Waals surface area contributed by atoms with E-state index >= 15 is 0 Å². The molecule has 0 spiro atoms. The van der Waals surface area contributed by atoms with Crippen molar-refractivity contribution in [1.82, 2.24) is 5.32 Å². The fourth-order valence-corrected chi connectivity index (χ4v) is 2.91. The maximum absolute atomic E-state index is 12.3. The van der Waals surface area contributed by atoms with Gasteiger partial charge >= 0.3 is 5.69 Å². The number of methoxy groups -OCH3 is 1. The lowest BCUT2D eigenvalue weighted by atomic mass is 10.1. The number of carbonyl (C=O) groups excluding carboxylic acids is 1. The van der Waals surface area contributed by atoms with Crippen LogP contribution in [0.15, 0.2) is 40.9 Å². The summed E-state index contributed by atoms with van der Waals surface area (Å²) in [6.07, 6.45) is 0. The molecule has 0 heterocycles. The molecule has 0 saturated heterocycles. The van der Waals surface area contributed by atoms with E-state index in [0.29, 0.717) is 15.9 Å². The third-order valence-electron chi connectivity index (χ3n) is 3.35. The smallest absolute Gasteiger partial charge is 0.311 e. The normalized spacial score (nSPS) is 10.0. The van der Waals surface area contributed by atoms with Crippen LogP contribution in [0.25, 0.3) is 0 Å². The van der Waals surface area contributed by atoms with Crippen molar-refractivity contribution in [3.05, 3.63) is 56.5 Å². The van der Waals surface area contributed by atoms with Crippen LogP contribution in [0, 0.1) is 10.1 Å². The fraction of sp³-hybridized carbons (Fsp3) is 0.176. The predicted octanol–water partition coefficient (Wildman–Crippen LogP) is 3.89. The molecule has 0 fully saturated rings. The quantitative estimate of drug-likeness (QED) is 0.388. The molecule has 0 aliphatic rings. The summed E-state index contributed by atoms with van der Waals surface area (Å²) in [6, 6.07) is 9.15. The SMILES string of the molecule is CCOc1ccc(C(=O)NC(=S)Nc2ccc(OC)c(Br)c2)cc1[N+](=O)[O-]. The van der Waals surface area contributed by atoms with Gasteiger partial charge in [0.05, 0.1) is 23.1 Å². The molecule has 27 heavy (non-hydrogen) atoms. The summed E-state index contributed by atoms with van der Waals surface area (Å²) in [5.74, 6) is 0.172. The number of benzene rings is 2. The van der Waals surface area contributed by atoms with Crippen molar-refractivity contribution < 1.29 is 19.2 Å². The Morgan fingerprint density at radius 3 is 2.56 bits per heavy atom. The molecular weight excluding hydrogens is 438 g/mol. The molecule has 2 N–H and O–H groups in total. The zero-order chi connectivity index (χ0) is 20.0. The van der Waals surface area contributed by atoms with Crippen molar-refractivity contribution >= 4 is 50.5 Å². The molecular formula is C17H16BrN3O5S. The summed E-state index contributed by atoms with van der Waals surface area (Å²) < 4.78 is 11.1. The van der Waals surface area contributed by atoms with Crippen LogP contribution in [0.2, 0.25) is 0 Å². The van der Waals surface area contributed by atoms with Crippen molar-refractivity contribution in [3.8, 4) is 11.5 Å². The number of nitrogens with zero attached hydrogens (tertiary/aromatic N) is 1. The molecule has 2 aromatic carbocycles. The Kier molecular flexibility index (Phi) is 7.08. The van der Waals surface area contributed by atoms with Crippen LogP contribution in [0.5, 0.6) is 11.5 Å². The van der Waals surface area contributed by atoms with Crippen LogP contribution in [0.1, 0.15) is 17.3 Å². The van der Waals surface area contributed by atoms with Crippen LogP contribution < -0.4 is 20.1 Å². The minimum absolute atomic E-state index is 0.0496. The lowest BCUT2D eigenvalue weighted by molar-refractivity contribution is -0.385. The molecule has 0 saturated carbocycles. The van der Waals surface area contributed by atoms with Gasteiger partial charge in [0.15, 0.2) is 10.9 Å². The second kappa shape index (κ2) is 9.28. The lowest BCUT2D eigenvalue weighted by Crippen LogP contribution is -2.34. The third-order valence-corrected chi connectivity index (χ3v) is 4.18. The summed E-state index contributed by atoms with van der Waals surface area (Å²) >= 11 is 8.47. The number of ether oxygens (including phenoxy) is 2. The van der Waals surface area contributed by atoms with E-state index in [-0.39, 0.29) is 28.7 Å². The third kappa shape index (κ3) is 5.38. The Bertz CT molecular complexity index is 891. The summed E-state index contributed by atoms with van der Waals surface area (Å²) in [7, 11) is 1.55. The standard InChI is InChI=1S/C17H16BrN3O5S/c1-3-26-15-6-4-10(8-13(15)21(23)24)16(22)20-17(27)19-11-5-7-14(25-2)12(18)9-11/h4-9H,3H2,1-2H3,(H2,19,20,22,27). The molecule has 10 heteroatoms. The molecule has 0 radical (unpaired) electrons. The fourth-order valence-electron chi connectivity index (χ4n) is 2.16. The number of hydrogen-bond donors (Lipinski definition) is 2. The summed E-state index contributed by atoms with van der Waals surface area (Å²) in [5.41, 5.74) is 0.429. The number of halogens is 1. The molecule has 1 amide bonds. The Labute approximate surface area is 169 Å². The zero-order valence-corrected chi connectivity index (χ0v) is 16.8. The van der Waals surface area contributed by atoms with Crippen molar-refractivity contribution in [2.24, 2.45) is 0 Å². The number of hydrogen-bond acceptors (Lipinski definition) is 6. The first-order valence-electron chi connectivity index (χ1n) is 7.72. The molecule has 0 aliphatic heterocycles. The molecule has 8 nitrogen and oxygen atoms in total. The number of carbonyl (C=O) groups is 1. The Morgan fingerprint density at radius 1 is 1.26 bits per heavy atom. The maximum Gasteiger partial charge on any atom is 0.311 e. The van der Waals surface area contributed by atoms with E-state index < -0.39 is 10.8 Å². The van der Waals surface area contributed by atoms with Gasteiger partial charge in [-0.25, -0.2) is 0 Å². The Hall–Kier alpha value is -2.72. The number of rotatable bonds is 6. The highest BCUT2D eigenvalue weighted by Gasteiger charge is 2.19. The zero-order valence-electron chi connectivity index (χ0n) is 14.4. The largest absolute Gasteiger partial charge is 0.496 e. The summed E-state index contributed by atoms with van der Waals surface area (Å²) in [5, 5.41) is 16.6. The Balaban J connectivity index is 2.10. The molecule has 0 aliphatic carbocycles. The van der Waals surface area contributed by atoms with Crippen molar-refractivity contribution in [3.63, 3.8) is 0 Å². The van der Waals surface area contributed by atoms with Gasteiger partial charge < -0.3 is 14.8 Å². The van der Waals surface area contributed by atoms with Gasteiger partial charge in [-0.1, -0.05) is 0 Å². The van der Waals surface area contributed by atoms with Gasteiger partial charge in [-0.2, -0.15) is 0 Å². The van der Waals surface area contributed by atoms with Crippen LogP contribution in [0.3, 0.4) is 0 Å². The molecule has 0 unspecified atom stereocenters. The maximum atomic E-state index is 12.3. The van der Waals surface area contributed by atoms with Gasteiger partial charge in [0, 0.05) is 17.3 Å². The van der Waals surface area contributed by atoms with E-state index in [2.05, 4.69) is 26.6 Å². The highest BCUT2D eigenvalue weighted by Crippen LogP contribution is 2.29. The van der Waals surface area contributed by atoms with Gasteiger partial charge in [0.1, 0.15) is 5.75 Å². The molecule has 2 rings (SSSR count). The van der Waals surface area contributed by atoms with E-state index in [1.807, 2.05) is 0 Å². The number of nitrogens with one attached hydrogen (secondary N) is 2. The highest BCUT2D eigenvalue weighted by atomic mass is 79.9. The van der Waals surface area contributed by atoms with E-state index in [0.717, 1.165) is 6.07 Å². The van der Waals surface area contributed by atoms with E-state index in [1.54, 1.807) is 32.2 Å². The molecule has 0 bridgehead atoms. The van der Waals surface area contributed by atoms with Crippen molar-refractivity contribution in [2.45, 2.75) is 6.92 Å². The average molecular weight is 454 g/mol. The van der Waals surface area contributed by atoms with Crippen molar-refractivity contribution in [1.29, 1.82) is 0 Å².